The molecule has 0 aromatic carbocycles. The van der Waals surface area contributed by atoms with Crippen LogP contribution in [0.4, 0.5) is 17.3 Å². The van der Waals surface area contributed by atoms with Crippen LogP contribution in [0.25, 0.3) is 0 Å². The highest BCUT2D eigenvalue weighted by atomic mass is 15.0. The molecular weight excluding hydrogens is 188 g/mol. The molecule has 0 amide bonds. The van der Waals surface area contributed by atoms with Crippen molar-refractivity contribution in [2.24, 2.45) is 11.3 Å². The molecule has 1 unspecified atom stereocenters. The molecule has 1 heterocycles. The number of nitrogens with one attached hydrogen (secondary N) is 1. The van der Waals surface area contributed by atoms with Gasteiger partial charge in [0.1, 0.15) is 11.6 Å². The largest absolute Gasteiger partial charge is 0.396 e. The number of nitrogens with two attached hydrogens (primary N) is 2. The number of hydrogen-bond donors (Lipinski definition) is 3. The van der Waals surface area contributed by atoms with Crippen LogP contribution in [0.2, 0.25) is 0 Å². The molecule has 0 spiro atoms. The molecule has 1 aromatic heterocycles. The smallest absolute Gasteiger partial charge is 0.149 e. The standard InChI is InChI=1S/C11H18N4/c1-11(2)5-7(11)6-14-9-4-3-8(12)10(13)15-9/h3-4,7H,5-6,12H2,1-2H3,(H3,13,14,15). The Kier molecular flexibility index (Phi) is 2.21. The lowest BCUT2D eigenvalue weighted by Crippen LogP contribution is -2.09. The molecule has 1 saturated carbocycles. The maximum Gasteiger partial charge on any atom is 0.149 e. The van der Waals surface area contributed by atoms with E-state index in [0.29, 0.717) is 16.9 Å². The van der Waals surface area contributed by atoms with Gasteiger partial charge in [0.05, 0.1) is 5.69 Å². The van der Waals surface area contributed by atoms with E-state index in [-0.39, 0.29) is 0 Å². The minimum atomic E-state index is 0.398. The fraction of sp³-hybridized carbons (Fsp3) is 0.545. The van der Waals surface area contributed by atoms with Gasteiger partial charge in [0.25, 0.3) is 0 Å². The van der Waals surface area contributed by atoms with Gasteiger partial charge in [-0.25, -0.2) is 4.98 Å². The summed E-state index contributed by atoms with van der Waals surface area (Å²) in [6.07, 6.45) is 1.28. The van der Waals surface area contributed by atoms with Crippen LogP contribution >= 0.6 is 0 Å². The first-order chi connectivity index (χ1) is 6.99. The molecule has 5 N–H and O–H groups in total. The molecule has 82 valence electrons. The second-order valence-corrected chi connectivity index (χ2v) is 4.94. The minimum Gasteiger partial charge on any atom is -0.396 e. The summed E-state index contributed by atoms with van der Waals surface area (Å²) in [5, 5.41) is 3.28. The highest BCUT2D eigenvalue weighted by Gasteiger charge is 2.44. The molecule has 1 aliphatic rings. The van der Waals surface area contributed by atoms with Crippen LogP contribution in [0.5, 0.6) is 0 Å². The van der Waals surface area contributed by atoms with Crippen LogP contribution in [0.15, 0.2) is 12.1 Å². The number of nitrogen functional groups attached to an aromatic ring is 2. The van der Waals surface area contributed by atoms with E-state index in [2.05, 4.69) is 24.1 Å². The number of anilines is 3. The van der Waals surface area contributed by atoms with E-state index in [4.69, 9.17) is 11.5 Å². The van der Waals surface area contributed by atoms with Gasteiger partial charge < -0.3 is 16.8 Å². The molecule has 2 rings (SSSR count). The van der Waals surface area contributed by atoms with Crippen LogP contribution in [0.1, 0.15) is 20.3 Å². The first kappa shape index (κ1) is 10.1. The summed E-state index contributed by atoms with van der Waals surface area (Å²) < 4.78 is 0. The van der Waals surface area contributed by atoms with Crippen LogP contribution in [0.3, 0.4) is 0 Å². The van der Waals surface area contributed by atoms with Gasteiger partial charge in [-0.15, -0.1) is 0 Å². The third kappa shape index (κ3) is 2.14. The second-order valence-electron chi connectivity index (χ2n) is 4.94. The molecule has 1 aliphatic carbocycles. The maximum absolute atomic E-state index is 5.62. The summed E-state index contributed by atoms with van der Waals surface area (Å²) >= 11 is 0. The third-order valence-corrected chi connectivity index (χ3v) is 3.20. The number of nitrogens with zero attached hydrogens (tertiary/aromatic N) is 1. The summed E-state index contributed by atoms with van der Waals surface area (Å²) in [7, 11) is 0. The van der Waals surface area contributed by atoms with E-state index in [1.807, 2.05) is 6.07 Å². The van der Waals surface area contributed by atoms with Gasteiger partial charge in [0.2, 0.25) is 0 Å². The second kappa shape index (κ2) is 3.29. The predicted molar refractivity (Wildman–Crippen MR) is 63.4 cm³/mol. The van der Waals surface area contributed by atoms with E-state index in [1.165, 1.54) is 6.42 Å². The quantitative estimate of drug-likeness (QED) is 0.703. The normalized spacial score (nSPS) is 22.4. The lowest BCUT2D eigenvalue weighted by Gasteiger charge is -2.08. The molecule has 4 heteroatoms. The molecule has 0 radical (unpaired) electrons. The molecule has 1 aromatic rings. The topological polar surface area (TPSA) is 77.0 Å². The summed E-state index contributed by atoms with van der Waals surface area (Å²) in [6, 6.07) is 3.64. The number of rotatable bonds is 3. The van der Waals surface area contributed by atoms with Crippen molar-refractivity contribution in [3.05, 3.63) is 12.1 Å². The Morgan fingerprint density at radius 2 is 2.13 bits per heavy atom. The molecule has 0 aliphatic heterocycles. The lowest BCUT2D eigenvalue weighted by molar-refractivity contribution is 0.573. The first-order valence-corrected chi connectivity index (χ1v) is 5.25. The van der Waals surface area contributed by atoms with Crippen molar-refractivity contribution in [1.82, 2.24) is 4.98 Å². The van der Waals surface area contributed by atoms with Crippen molar-refractivity contribution in [2.45, 2.75) is 20.3 Å². The zero-order valence-electron chi connectivity index (χ0n) is 9.25. The molecule has 15 heavy (non-hydrogen) atoms. The Balaban J connectivity index is 1.92. The fourth-order valence-corrected chi connectivity index (χ4v) is 1.74. The predicted octanol–water partition coefficient (Wildman–Crippen LogP) is 1.70. The van der Waals surface area contributed by atoms with Crippen molar-refractivity contribution in [3.63, 3.8) is 0 Å². The Morgan fingerprint density at radius 3 is 2.67 bits per heavy atom. The van der Waals surface area contributed by atoms with Gasteiger partial charge in [0, 0.05) is 6.54 Å². The van der Waals surface area contributed by atoms with E-state index >= 15 is 0 Å². The molecule has 1 atom stereocenters. The van der Waals surface area contributed by atoms with E-state index in [0.717, 1.165) is 18.3 Å². The third-order valence-electron chi connectivity index (χ3n) is 3.20. The Bertz CT molecular complexity index is 373. The van der Waals surface area contributed by atoms with E-state index in [1.54, 1.807) is 6.07 Å². The summed E-state index contributed by atoms with van der Waals surface area (Å²) in [5.74, 6) is 1.96. The SMILES string of the molecule is CC1(C)CC1CNc1ccc(N)c(N)n1. The summed E-state index contributed by atoms with van der Waals surface area (Å²) in [4.78, 5) is 4.16. The van der Waals surface area contributed by atoms with Gasteiger partial charge in [0.15, 0.2) is 0 Å². The average Bonchev–Trinajstić information content (AvgIpc) is 2.77. The van der Waals surface area contributed by atoms with Crippen LogP contribution in [-0.4, -0.2) is 11.5 Å². The van der Waals surface area contributed by atoms with E-state index in [9.17, 15) is 0 Å². The minimum absolute atomic E-state index is 0.398. The average molecular weight is 206 g/mol. The monoisotopic (exact) mass is 206 g/mol. The van der Waals surface area contributed by atoms with Gasteiger partial charge in [-0.05, 0) is 29.9 Å². The number of aromatic nitrogens is 1. The zero-order valence-corrected chi connectivity index (χ0v) is 9.25. The van der Waals surface area contributed by atoms with Crippen LogP contribution < -0.4 is 16.8 Å². The van der Waals surface area contributed by atoms with Crippen molar-refractivity contribution >= 4 is 17.3 Å². The Labute approximate surface area is 90.1 Å². The lowest BCUT2D eigenvalue weighted by atomic mass is 10.1. The molecular formula is C11H18N4. The highest BCUT2D eigenvalue weighted by Crippen LogP contribution is 2.51. The molecule has 1 fully saturated rings. The van der Waals surface area contributed by atoms with Crippen LogP contribution in [0, 0.1) is 11.3 Å². The van der Waals surface area contributed by atoms with Crippen molar-refractivity contribution < 1.29 is 0 Å². The van der Waals surface area contributed by atoms with Crippen molar-refractivity contribution in [2.75, 3.05) is 23.3 Å². The summed E-state index contributed by atoms with van der Waals surface area (Å²) in [5.41, 5.74) is 12.2. The fourth-order valence-electron chi connectivity index (χ4n) is 1.74. The molecule has 0 bridgehead atoms. The Morgan fingerprint density at radius 1 is 1.47 bits per heavy atom. The zero-order chi connectivity index (χ0) is 11.1. The van der Waals surface area contributed by atoms with Crippen molar-refractivity contribution in [1.29, 1.82) is 0 Å². The highest BCUT2D eigenvalue weighted by molar-refractivity contribution is 5.61. The molecule has 0 saturated heterocycles. The first-order valence-electron chi connectivity index (χ1n) is 5.25. The number of hydrogen-bond acceptors (Lipinski definition) is 4. The van der Waals surface area contributed by atoms with Gasteiger partial charge in [-0.3, -0.25) is 0 Å². The van der Waals surface area contributed by atoms with Gasteiger partial charge in [-0.2, -0.15) is 0 Å². The van der Waals surface area contributed by atoms with E-state index < -0.39 is 0 Å². The van der Waals surface area contributed by atoms with Gasteiger partial charge in [-0.1, -0.05) is 13.8 Å². The molecule has 4 nitrogen and oxygen atoms in total. The van der Waals surface area contributed by atoms with Gasteiger partial charge >= 0.3 is 0 Å². The summed E-state index contributed by atoms with van der Waals surface area (Å²) in [6.45, 7) is 5.53. The Hall–Kier alpha value is -1.45. The van der Waals surface area contributed by atoms with Crippen LogP contribution in [-0.2, 0) is 0 Å². The van der Waals surface area contributed by atoms with Crippen molar-refractivity contribution in [3.8, 4) is 0 Å². The number of pyridine rings is 1. The maximum atomic E-state index is 5.62.